The van der Waals surface area contributed by atoms with E-state index in [1.54, 1.807) is 0 Å². The molecule has 2 nitrogen and oxygen atoms in total. The summed E-state index contributed by atoms with van der Waals surface area (Å²) < 4.78 is 0. The second-order valence-electron chi connectivity index (χ2n) is 5.85. The van der Waals surface area contributed by atoms with Crippen molar-refractivity contribution in [2.75, 3.05) is 0 Å². The Kier molecular flexibility index (Phi) is 5.23. The van der Waals surface area contributed by atoms with Crippen LogP contribution in [-0.4, -0.2) is 11.1 Å². The SMILES string of the molecule is CCCCCCCC1C(/C=C/C(=O)O)C1(C)C. The second-order valence-corrected chi connectivity index (χ2v) is 5.85. The predicted octanol–water partition coefficient (Wildman–Crippen LogP) is 4.26. The number of aliphatic carboxylic acids is 1. The summed E-state index contributed by atoms with van der Waals surface area (Å²) in [5.41, 5.74) is 0.316. The Bertz CT molecular complexity index is 279. The first-order valence-electron chi connectivity index (χ1n) is 6.91. The lowest BCUT2D eigenvalue weighted by Gasteiger charge is -2.02. The lowest BCUT2D eigenvalue weighted by Crippen LogP contribution is -1.91. The quantitative estimate of drug-likeness (QED) is 0.507. The number of rotatable bonds is 8. The molecule has 2 heteroatoms. The van der Waals surface area contributed by atoms with Gasteiger partial charge in [0.15, 0.2) is 0 Å². The smallest absolute Gasteiger partial charge is 0.327 e. The molecule has 0 aliphatic heterocycles. The number of unbranched alkanes of at least 4 members (excludes halogenated alkanes) is 4. The van der Waals surface area contributed by atoms with E-state index in [1.807, 2.05) is 6.08 Å². The van der Waals surface area contributed by atoms with E-state index < -0.39 is 5.97 Å². The van der Waals surface area contributed by atoms with Crippen molar-refractivity contribution in [1.29, 1.82) is 0 Å². The first-order chi connectivity index (χ1) is 8.00. The molecule has 0 amide bonds. The van der Waals surface area contributed by atoms with Gasteiger partial charge < -0.3 is 5.11 Å². The molecule has 0 aromatic carbocycles. The van der Waals surface area contributed by atoms with Gasteiger partial charge in [-0.1, -0.05) is 59.0 Å². The van der Waals surface area contributed by atoms with Gasteiger partial charge in [-0.2, -0.15) is 0 Å². The van der Waals surface area contributed by atoms with Gasteiger partial charge >= 0.3 is 5.97 Å². The minimum Gasteiger partial charge on any atom is -0.478 e. The fourth-order valence-corrected chi connectivity index (χ4v) is 2.87. The van der Waals surface area contributed by atoms with E-state index in [0.717, 1.165) is 0 Å². The highest BCUT2D eigenvalue weighted by Gasteiger charge is 2.54. The number of carbonyl (C=O) groups is 1. The topological polar surface area (TPSA) is 37.3 Å². The summed E-state index contributed by atoms with van der Waals surface area (Å²) in [6.07, 6.45) is 11.1. The molecule has 0 saturated heterocycles. The van der Waals surface area contributed by atoms with E-state index in [9.17, 15) is 4.79 Å². The Labute approximate surface area is 105 Å². The highest BCUT2D eigenvalue weighted by molar-refractivity contribution is 5.79. The van der Waals surface area contributed by atoms with E-state index in [1.165, 1.54) is 44.6 Å². The molecule has 98 valence electrons. The summed E-state index contributed by atoms with van der Waals surface area (Å²) >= 11 is 0. The second kappa shape index (κ2) is 6.23. The van der Waals surface area contributed by atoms with Gasteiger partial charge in [0.25, 0.3) is 0 Å². The van der Waals surface area contributed by atoms with Crippen LogP contribution in [0.25, 0.3) is 0 Å². The first-order valence-corrected chi connectivity index (χ1v) is 6.91. The average Bonchev–Trinajstić information content (AvgIpc) is 2.77. The Morgan fingerprint density at radius 1 is 1.24 bits per heavy atom. The van der Waals surface area contributed by atoms with Crippen molar-refractivity contribution >= 4 is 5.97 Å². The molecule has 0 radical (unpaired) electrons. The molecular weight excluding hydrogens is 212 g/mol. The Morgan fingerprint density at radius 2 is 1.88 bits per heavy atom. The third kappa shape index (κ3) is 4.18. The van der Waals surface area contributed by atoms with Crippen molar-refractivity contribution in [3.63, 3.8) is 0 Å². The van der Waals surface area contributed by atoms with E-state index in [0.29, 0.717) is 17.3 Å². The van der Waals surface area contributed by atoms with Crippen molar-refractivity contribution in [1.82, 2.24) is 0 Å². The molecule has 1 N–H and O–H groups in total. The van der Waals surface area contributed by atoms with Gasteiger partial charge in [0.1, 0.15) is 0 Å². The summed E-state index contributed by atoms with van der Waals surface area (Å²) in [7, 11) is 0. The molecular formula is C15H26O2. The summed E-state index contributed by atoms with van der Waals surface area (Å²) in [5.74, 6) is 0.346. The number of allylic oxidation sites excluding steroid dienone is 1. The van der Waals surface area contributed by atoms with Gasteiger partial charge in [-0.15, -0.1) is 0 Å². The maximum absolute atomic E-state index is 10.5. The standard InChI is InChI=1S/C15H26O2/c1-4-5-6-7-8-9-12-13(15(12,2)3)10-11-14(16)17/h10-13H,4-9H2,1-3H3,(H,16,17)/b11-10+. The molecule has 0 aromatic rings. The van der Waals surface area contributed by atoms with E-state index in [2.05, 4.69) is 20.8 Å². The number of carboxylic acids is 1. The van der Waals surface area contributed by atoms with Gasteiger partial charge in [0.2, 0.25) is 0 Å². The minimum atomic E-state index is -0.825. The molecule has 1 fully saturated rings. The zero-order valence-corrected chi connectivity index (χ0v) is 11.4. The van der Waals surface area contributed by atoms with Crippen LogP contribution in [0.3, 0.4) is 0 Å². The van der Waals surface area contributed by atoms with Crippen LogP contribution in [0, 0.1) is 17.3 Å². The third-order valence-corrected chi connectivity index (χ3v) is 4.20. The molecule has 1 rings (SSSR count). The number of hydrogen-bond donors (Lipinski definition) is 1. The Balaban J connectivity index is 2.23. The van der Waals surface area contributed by atoms with Gasteiger partial charge in [0, 0.05) is 6.08 Å². The zero-order chi connectivity index (χ0) is 12.9. The fraction of sp³-hybridized carbons (Fsp3) is 0.800. The highest BCUT2D eigenvalue weighted by atomic mass is 16.4. The van der Waals surface area contributed by atoms with Crippen LogP contribution in [0.5, 0.6) is 0 Å². The molecule has 0 aromatic heterocycles. The molecule has 1 saturated carbocycles. The van der Waals surface area contributed by atoms with Gasteiger partial charge in [-0.3, -0.25) is 0 Å². The van der Waals surface area contributed by atoms with Crippen molar-refractivity contribution in [2.24, 2.45) is 17.3 Å². The van der Waals surface area contributed by atoms with Crippen molar-refractivity contribution in [2.45, 2.75) is 59.3 Å². The first kappa shape index (κ1) is 14.3. The molecule has 1 aliphatic rings. The van der Waals surface area contributed by atoms with Crippen molar-refractivity contribution in [3.8, 4) is 0 Å². The average molecular weight is 238 g/mol. The van der Waals surface area contributed by atoms with Crippen LogP contribution in [-0.2, 0) is 4.79 Å². The zero-order valence-electron chi connectivity index (χ0n) is 11.4. The van der Waals surface area contributed by atoms with Crippen molar-refractivity contribution in [3.05, 3.63) is 12.2 Å². The maximum Gasteiger partial charge on any atom is 0.327 e. The van der Waals surface area contributed by atoms with Crippen LogP contribution < -0.4 is 0 Å². The lowest BCUT2D eigenvalue weighted by molar-refractivity contribution is -0.131. The summed E-state index contributed by atoms with van der Waals surface area (Å²) in [6.45, 7) is 6.73. The molecule has 0 heterocycles. The van der Waals surface area contributed by atoms with Gasteiger partial charge in [-0.05, 0) is 23.7 Å². The molecule has 1 aliphatic carbocycles. The number of carboxylic acid groups (broad SMARTS) is 1. The predicted molar refractivity (Wildman–Crippen MR) is 70.9 cm³/mol. The molecule has 0 bridgehead atoms. The van der Waals surface area contributed by atoms with Gasteiger partial charge in [0.05, 0.1) is 0 Å². The molecule has 0 spiro atoms. The monoisotopic (exact) mass is 238 g/mol. The van der Waals surface area contributed by atoms with Crippen LogP contribution in [0.1, 0.15) is 59.3 Å². The molecule has 2 unspecified atom stereocenters. The normalized spacial score (nSPS) is 26.3. The Hall–Kier alpha value is -0.790. The van der Waals surface area contributed by atoms with E-state index in [4.69, 9.17) is 5.11 Å². The van der Waals surface area contributed by atoms with Crippen LogP contribution in [0.2, 0.25) is 0 Å². The van der Waals surface area contributed by atoms with Gasteiger partial charge in [-0.25, -0.2) is 4.79 Å². The van der Waals surface area contributed by atoms with Crippen LogP contribution in [0.4, 0.5) is 0 Å². The summed E-state index contributed by atoms with van der Waals surface area (Å²) in [5, 5.41) is 8.63. The number of hydrogen-bond acceptors (Lipinski definition) is 1. The summed E-state index contributed by atoms with van der Waals surface area (Å²) in [6, 6.07) is 0. The lowest BCUT2D eigenvalue weighted by atomic mass is 10.0. The summed E-state index contributed by atoms with van der Waals surface area (Å²) in [4.78, 5) is 10.5. The van der Waals surface area contributed by atoms with Crippen LogP contribution >= 0.6 is 0 Å². The molecule has 2 atom stereocenters. The van der Waals surface area contributed by atoms with Crippen LogP contribution in [0.15, 0.2) is 12.2 Å². The van der Waals surface area contributed by atoms with E-state index >= 15 is 0 Å². The van der Waals surface area contributed by atoms with Crippen molar-refractivity contribution < 1.29 is 9.90 Å². The minimum absolute atomic E-state index is 0.316. The van der Waals surface area contributed by atoms with E-state index in [-0.39, 0.29) is 0 Å². The largest absolute Gasteiger partial charge is 0.478 e. The third-order valence-electron chi connectivity index (χ3n) is 4.20. The maximum atomic E-state index is 10.5. The Morgan fingerprint density at radius 3 is 2.47 bits per heavy atom. The fourth-order valence-electron chi connectivity index (χ4n) is 2.87. The highest BCUT2D eigenvalue weighted by Crippen LogP contribution is 2.61. The molecule has 17 heavy (non-hydrogen) atoms.